The van der Waals surface area contributed by atoms with Gasteiger partial charge in [0.1, 0.15) is 11.6 Å². The van der Waals surface area contributed by atoms with Crippen molar-refractivity contribution < 1.29 is 0 Å². The third-order valence-corrected chi connectivity index (χ3v) is 6.16. The maximum atomic E-state index is 6.72. The predicted molar refractivity (Wildman–Crippen MR) is 105 cm³/mol. The van der Waals surface area contributed by atoms with Gasteiger partial charge in [-0.05, 0) is 62.1 Å². The lowest BCUT2D eigenvalue weighted by Gasteiger charge is -2.08. The van der Waals surface area contributed by atoms with Gasteiger partial charge in [-0.2, -0.15) is 0 Å². The van der Waals surface area contributed by atoms with E-state index in [9.17, 15) is 0 Å². The maximum absolute atomic E-state index is 6.72. The van der Waals surface area contributed by atoms with Gasteiger partial charge in [-0.15, -0.1) is 10.2 Å². The molecule has 6 heteroatoms. The zero-order valence-corrected chi connectivity index (χ0v) is 15.7. The number of aromatic amines is 1. The summed E-state index contributed by atoms with van der Waals surface area (Å²) in [5.74, 6) is 3.56. The number of rotatable bonds is 5. The van der Waals surface area contributed by atoms with Crippen LogP contribution < -0.4 is 0 Å². The quantitative estimate of drug-likeness (QED) is 0.544. The summed E-state index contributed by atoms with van der Waals surface area (Å²) in [6.07, 6.45) is 11.4. The number of hydrogen-bond donors (Lipinski definition) is 1. The topological polar surface area (TPSA) is 58.9 Å². The molecule has 6 rings (SSSR count). The summed E-state index contributed by atoms with van der Waals surface area (Å²) in [5.41, 5.74) is 5.07. The molecule has 2 aromatic heterocycles. The van der Waals surface area contributed by atoms with Gasteiger partial charge in [0.05, 0.1) is 5.02 Å². The van der Waals surface area contributed by atoms with E-state index in [1.54, 1.807) is 0 Å². The van der Waals surface area contributed by atoms with Gasteiger partial charge < -0.3 is 4.98 Å². The highest BCUT2D eigenvalue weighted by molar-refractivity contribution is 6.36. The molecular weight excluding hydrogens is 358 g/mol. The fourth-order valence-electron chi connectivity index (χ4n) is 3.86. The van der Waals surface area contributed by atoms with Gasteiger partial charge in [0.2, 0.25) is 0 Å². The number of pyridine rings is 2. The van der Waals surface area contributed by atoms with E-state index in [4.69, 9.17) is 16.6 Å². The molecule has 2 aliphatic heterocycles. The minimum Gasteiger partial charge on any atom is -0.346 e. The number of halogens is 1. The van der Waals surface area contributed by atoms with Crippen molar-refractivity contribution >= 4 is 17.2 Å². The summed E-state index contributed by atoms with van der Waals surface area (Å²) in [7, 11) is 0. The average Bonchev–Trinajstić information content (AvgIpc) is 3.56. The third-order valence-electron chi connectivity index (χ3n) is 5.79. The second kappa shape index (κ2) is 5.80. The standard InChI is InChI=1S/C21H20ClN5/c22-19-17(5-6-27-18(8-13-3-4-13)25-26-21(19)27)15-9-14-10-16(7-12-1-2-12)24-20(14)23-11-15/h5-6,9-13H,1-4,7-8H2,(H,23,24). The highest BCUT2D eigenvalue weighted by Gasteiger charge is 2.25. The second-order valence-corrected chi connectivity index (χ2v) is 8.47. The molecule has 2 aromatic rings. The Morgan fingerprint density at radius 2 is 1.85 bits per heavy atom. The van der Waals surface area contributed by atoms with Crippen LogP contribution in [0.5, 0.6) is 0 Å². The molecule has 27 heavy (non-hydrogen) atoms. The molecule has 0 spiro atoms. The fourth-order valence-corrected chi connectivity index (χ4v) is 4.16. The minimum atomic E-state index is 0.650. The van der Waals surface area contributed by atoms with Crippen molar-refractivity contribution in [2.45, 2.75) is 38.5 Å². The number of nitrogens with one attached hydrogen (secondary N) is 1. The van der Waals surface area contributed by atoms with Gasteiger partial charge in [-0.25, -0.2) is 4.98 Å². The Bertz CT molecular complexity index is 1120. The Kier molecular flexibility index (Phi) is 3.36. The summed E-state index contributed by atoms with van der Waals surface area (Å²) < 4.78 is 2.03. The van der Waals surface area contributed by atoms with Gasteiger partial charge >= 0.3 is 0 Å². The molecule has 2 saturated carbocycles. The van der Waals surface area contributed by atoms with Crippen molar-refractivity contribution in [3.05, 3.63) is 47.1 Å². The van der Waals surface area contributed by atoms with E-state index in [0.717, 1.165) is 58.7 Å². The van der Waals surface area contributed by atoms with Crippen LogP contribution >= 0.6 is 11.6 Å². The SMILES string of the molecule is Clc1c(-c2c[nH]c3nc(CC4CC4)cc-3c2)ccn2c(CC3CC3)nnc12. The van der Waals surface area contributed by atoms with Crippen LogP contribution in [0.25, 0.3) is 28.2 Å². The lowest BCUT2D eigenvalue weighted by molar-refractivity contribution is 0.758. The summed E-state index contributed by atoms with van der Waals surface area (Å²) in [6.45, 7) is 0. The largest absolute Gasteiger partial charge is 0.346 e. The van der Waals surface area contributed by atoms with Crippen LogP contribution in [0.2, 0.25) is 5.02 Å². The Hall–Kier alpha value is -2.40. The van der Waals surface area contributed by atoms with E-state index in [2.05, 4.69) is 33.4 Å². The first-order valence-electron chi connectivity index (χ1n) is 9.75. The number of hydrogen-bond acceptors (Lipinski definition) is 3. The molecule has 4 heterocycles. The van der Waals surface area contributed by atoms with Crippen molar-refractivity contribution in [3.63, 3.8) is 0 Å². The van der Waals surface area contributed by atoms with E-state index in [1.807, 2.05) is 16.8 Å². The summed E-state index contributed by atoms with van der Waals surface area (Å²) in [5, 5.41) is 9.37. The van der Waals surface area contributed by atoms with Gasteiger partial charge in [0.15, 0.2) is 5.65 Å². The van der Waals surface area contributed by atoms with Crippen molar-refractivity contribution in [1.82, 2.24) is 24.6 Å². The zero-order chi connectivity index (χ0) is 18.0. The lowest BCUT2D eigenvalue weighted by atomic mass is 10.1. The van der Waals surface area contributed by atoms with Crippen molar-refractivity contribution in [1.29, 1.82) is 0 Å². The monoisotopic (exact) mass is 377 g/mol. The van der Waals surface area contributed by atoms with Crippen molar-refractivity contribution in [2.24, 2.45) is 11.8 Å². The highest BCUT2D eigenvalue weighted by Crippen LogP contribution is 2.37. The van der Waals surface area contributed by atoms with E-state index in [1.165, 1.54) is 31.4 Å². The first-order chi connectivity index (χ1) is 13.2. The maximum Gasteiger partial charge on any atom is 0.180 e. The molecule has 2 fully saturated rings. The fraction of sp³-hybridized carbons (Fsp3) is 0.381. The van der Waals surface area contributed by atoms with Gasteiger partial charge in [0.25, 0.3) is 0 Å². The smallest absolute Gasteiger partial charge is 0.180 e. The highest BCUT2D eigenvalue weighted by atomic mass is 35.5. The number of aromatic nitrogens is 5. The molecule has 1 N–H and O–H groups in total. The van der Waals surface area contributed by atoms with E-state index in [-0.39, 0.29) is 0 Å². The molecule has 136 valence electrons. The zero-order valence-electron chi connectivity index (χ0n) is 15.0. The van der Waals surface area contributed by atoms with Gasteiger partial charge in [-0.3, -0.25) is 4.40 Å². The molecule has 0 aromatic carbocycles. The molecule has 0 amide bonds. The van der Waals surface area contributed by atoms with Crippen LogP contribution in [-0.2, 0) is 12.8 Å². The van der Waals surface area contributed by atoms with E-state index < -0.39 is 0 Å². The molecule has 4 aliphatic rings. The van der Waals surface area contributed by atoms with E-state index in [0.29, 0.717) is 5.02 Å². The molecule has 0 bridgehead atoms. The van der Waals surface area contributed by atoms with Crippen LogP contribution in [0, 0.1) is 11.8 Å². The second-order valence-electron chi connectivity index (χ2n) is 8.09. The van der Waals surface area contributed by atoms with E-state index >= 15 is 0 Å². The molecule has 0 saturated heterocycles. The van der Waals surface area contributed by atoms with Gasteiger partial charge in [0, 0.05) is 41.2 Å². The summed E-state index contributed by atoms with van der Waals surface area (Å²) in [6, 6.07) is 6.42. The van der Waals surface area contributed by atoms with Crippen LogP contribution in [0.15, 0.2) is 30.6 Å². The molecule has 0 radical (unpaired) electrons. The predicted octanol–water partition coefficient (Wildman–Crippen LogP) is 4.78. The third kappa shape index (κ3) is 2.81. The van der Waals surface area contributed by atoms with Crippen LogP contribution in [0.1, 0.15) is 37.2 Å². The Morgan fingerprint density at radius 1 is 1.04 bits per heavy atom. The first kappa shape index (κ1) is 15.6. The molecular formula is C21H20ClN5. The van der Waals surface area contributed by atoms with Crippen LogP contribution in [0.4, 0.5) is 0 Å². The number of H-pyrrole nitrogens is 1. The Balaban J connectivity index is 1.39. The van der Waals surface area contributed by atoms with Crippen molar-refractivity contribution in [2.75, 3.05) is 0 Å². The summed E-state index contributed by atoms with van der Waals surface area (Å²) >= 11 is 6.72. The molecule has 5 nitrogen and oxygen atoms in total. The van der Waals surface area contributed by atoms with Crippen LogP contribution in [0.3, 0.4) is 0 Å². The number of nitrogens with zero attached hydrogens (tertiary/aromatic N) is 4. The number of fused-ring (bicyclic) bond motifs is 2. The molecule has 0 unspecified atom stereocenters. The molecule has 0 atom stereocenters. The summed E-state index contributed by atoms with van der Waals surface area (Å²) in [4.78, 5) is 8.06. The Morgan fingerprint density at radius 3 is 2.67 bits per heavy atom. The first-order valence-corrected chi connectivity index (χ1v) is 10.1. The van der Waals surface area contributed by atoms with Crippen molar-refractivity contribution in [3.8, 4) is 22.5 Å². The average molecular weight is 378 g/mol. The lowest BCUT2D eigenvalue weighted by Crippen LogP contribution is -1.97. The minimum absolute atomic E-state index is 0.650. The molecule has 2 aliphatic carbocycles. The van der Waals surface area contributed by atoms with Crippen LogP contribution in [-0.4, -0.2) is 24.6 Å². The Labute approximate surface area is 162 Å². The van der Waals surface area contributed by atoms with Gasteiger partial charge in [-0.1, -0.05) is 11.6 Å². The normalized spacial score (nSPS) is 17.2.